The second-order valence-corrected chi connectivity index (χ2v) is 21.5. The molecule has 0 fully saturated rings. The molecule has 370 valence electrons. The van der Waals surface area contributed by atoms with Crippen LogP contribution >= 0.6 is 0 Å². The van der Waals surface area contributed by atoms with Gasteiger partial charge in [0.05, 0.1) is 33.1 Å². The third-order valence-corrected chi connectivity index (χ3v) is 17.5. The van der Waals surface area contributed by atoms with Gasteiger partial charge in [-0.2, -0.15) is 0 Å². The zero-order valence-corrected chi connectivity index (χ0v) is 43.3. The van der Waals surface area contributed by atoms with Gasteiger partial charge in [-0.05, 0) is 136 Å². The van der Waals surface area contributed by atoms with Crippen molar-refractivity contribution in [2.75, 3.05) is 14.7 Å². The molecule has 4 aliphatic rings. The average molecular weight is 1020 g/mol. The third kappa shape index (κ3) is 5.88. The van der Waals surface area contributed by atoms with E-state index in [1.54, 1.807) is 0 Å². The Bertz CT molecular complexity index is 4890. The van der Waals surface area contributed by atoms with E-state index in [1.807, 2.05) is 0 Å². The average Bonchev–Trinajstić information content (AvgIpc) is 3.78. The highest BCUT2D eigenvalue weighted by molar-refractivity contribution is 7.03. The number of benzene rings is 12. The first kappa shape index (κ1) is 43.6. The normalized spacial score (nSPS) is 13.5. The molecule has 0 N–H and O–H groups in total. The number of nitrogens with zero attached hydrogens (tertiary/aromatic N) is 5. The van der Waals surface area contributed by atoms with E-state index in [-0.39, 0.29) is 13.4 Å². The van der Waals surface area contributed by atoms with Crippen LogP contribution in [0.3, 0.4) is 0 Å². The molecule has 0 aliphatic carbocycles. The monoisotopic (exact) mass is 1020 g/mol. The first-order chi connectivity index (χ1) is 39.8. The Labute approximate surface area is 463 Å². The van der Waals surface area contributed by atoms with Crippen LogP contribution in [0.4, 0.5) is 51.2 Å². The van der Waals surface area contributed by atoms with E-state index in [1.165, 1.54) is 55.1 Å². The van der Waals surface area contributed by atoms with Gasteiger partial charge in [0.25, 0.3) is 13.4 Å². The molecule has 14 aromatic rings. The maximum absolute atomic E-state index is 7.45. The van der Waals surface area contributed by atoms with Gasteiger partial charge in [-0.25, -0.2) is 0 Å². The minimum atomic E-state index is -0.162. The van der Waals surface area contributed by atoms with Crippen LogP contribution in [0, 0.1) is 0 Å². The summed E-state index contributed by atoms with van der Waals surface area (Å²) in [6, 6.07) is 101. The van der Waals surface area contributed by atoms with Crippen molar-refractivity contribution in [3.05, 3.63) is 273 Å². The molecule has 0 saturated carbocycles. The fourth-order valence-corrected chi connectivity index (χ4v) is 14.4. The SMILES string of the molecule is c1ccc(N2c3cc4c(cc3B3c5ccccc5Oc5c3c2cc2c5c3ccccc3n2-c2ccccc2)B2c3ccccc3N(c3ccccc3)c3cc5c(c(c32)N4c2ccccc2)c2ccccc2n5-c2ccccc2)cc1. The number of aromatic nitrogens is 2. The second-order valence-electron chi connectivity index (χ2n) is 21.5. The summed E-state index contributed by atoms with van der Waals surface area (Å²) in [5, 5.41) is 4.71. The molecule has 0 spiro atoms. The number of rotatable bonds is 5. The number of hydrogen-bond donors (Lipinski definition) is 0. The first-order valence-electron chi connectivity index (χ1n) is 27.7. The molecule has 0 atom stereocenters. The van der Waals surface area contributed by atoms with E-state index in [2.05, 4.69) is 297 Å². The molecule has 0 bridgehead atoms. The van der Waals surface area contributed by atoms with Gasteiger partial charge in [-0.15, -0.1) is 0 Å². The van der Waals surface area contributed by atoms with Gasteiger partial charge in [-0.3, -0.25) is 0 Å². The van der Waals surface area contributed by atoms with Gasteiger partial charge in [0, 0.05) is 73.0 Å². The molecule has 80 heavy (non-hydrogen) atoms. The lowest BCUT2D eigenvalue weighted by Crippen LogP contribution is -2.64. The highest BCUT2D eigenvalue weighted by Gasteiger charge is 2.49. The van der Waals surface area contributed by atoms with Crippen LogP contribution < -0.4 is 52.2 Å². The van der Waals surface area contributed by atoms with Crippen LogP contribution in [0.15, 0.2) is 273 Å². The van der Waals surface area contributed by atoms with Crippen molar-refractivity contribution in [2.24, 2.45) is 0 Å². The number of hydrogen-bond acceptors (Lipinski definition) is 4. The van der Waals surface area contributed by atoms with Gasteiger partial charge in [0.1, 0.15) is 11.5 Å². The predicted molar refractivity (Wildman–Crippen MR) is 335 cm³/mol. The van der Waals surface area contributed by atoms with Crippen molar-refractivity contribution in [1.82, 2.24) is 9.13 Å². The molecule has 4 aliphatic heterocycles. The molecule has 8 heteroatoms. The van der Waals surface area contributed by atoms with E-state index < -0.39 is 0 Å². The van der Waals surface area contributed by atoms with Crippen molar-refractivity contribution in [3.8, 4) is 22.9 Å². The molecule has 0 amide bonds. The number of para-hydroxylation sites is 9. The first-order valence-corrected chi connectivity index (χ1v) is 27.7. The van der Waals surface area contributed by atoms with Crippen LogP contribution in [-0.2, 0) is 0 Å². The van der Waals surface area contributed by atoms with Crippen LogP contribution in [0.1, 0.15) is 0 Å². The quantitative estimate of drug-likeness (QED) is 0.161. The van der Waals surface area contributed by atoms with Gasteiger partial charge in [0.2, 0.25) is 0 Å². The van der Waals surface area contributed by atoms with E-state index in [9.17, 15) is 0 Å². The summed E-state index contributed by atoms with van der Waals surface area (Å²) >= 11 is 0. The molecular formula is C72H45B2N5O. The molecule has 0 radical (unpaired) electrons. The number of fused-ring (bicyclic) bond motifs is 16. The molecule has 6 nitrogen and oxygen atoms in total. The summed E-state index contributed by atoms with van der Waals surface area (Å²) in [6.45, 7) is -0.308. The summed E-state index contributed by atoms with van der Waals surface area (Å²) in [7, 11) is 0. The summed E-state index contributed by atoms with van der Waals surface area (Å²) in [6.07, 6.45) is 0. The summed E-state index contributed by atoms with van der Waals surface area (Å²) in [5.41, 5.74) is 24.4. The minimum Gasteiger partial charge on any atom is -0.458 e. The Kier molecular flexibility index (Phi) is 9.03. The molecule has 2 aromatic heterocycles. The predicted octanol–water partition coefficient (Wildman–Crippen LogP) is 14.4. The molecule has 18 rings (SSSR count). The lowest BCUT2D eigenvalue weighted by atomic mass is 9.30. The Hall–Kier alpha value is -10.4. The van der Waals surface area contributed by atoms with Crippen LogP contribution in [0.5, 0.6) is 11.5 Å². The van der Waals surface area contributed by atoms with Gasteiger partial charge in [0.15, 0.2) is 0 Å². The second kappa shape index (κ2) is 16.5. The number of ether oxygens (including phenoxy) is 1. The lowest BCUT2D eigenvalue weighted by Gasteiger charge is -2.46. The lowest BCUT2D eigenvalue weighted by molar-refractivity contribution is 0.493. The molecule has 0 saturated heterocycles. The van der Waals surface area contributed by atoms with Crippen molar-refractivity contribution in [2.45, 2.75) is 0 Å². The fraction of sp³-hybridized carbons (Fsp3) is 0. The zero-order valence-electron chi connectivity index (χ0n) is 43.3. The van der Waals surface area contributed by atoms with Gasteiger partial charge in [-0.1, -0.05) is 170 Å². The van der Waals surface area contributed by atoms with Crippen LogP contribution in [0.25, 0.3) is 55.0 Å². The Morgan fingerprint density at radius 3 is 1.30 bits per heavy atom. The minimum absolute atomic E-state index is 0.146. The van der Waals surface area contributed by atoms with Crippen LogP contribution in [0.2, 0.25) is 0 Å². The highest BCUT2D eigenvalue weighted by atomic mass is 16.5. The van der Waals surface area contributed by atoms with Crippen LogP contribution in [-0.4, -0.2) is 22.6 Å². The Balaban J connectivity index is 1.02. The van der Waals surface area contributed by atoms with Gasteiger partial charge < -0.3 is 28.6 Å². The fourth-order valence-electron chi connectivity index (χ4n) is 14.4. The van der Waals surface area contributed by atoms with Crippen molar-refractivity contribution >= 4 is 141 Å². The van der Waals surface area contributed by atoms with E-state index in [0.717, 1.165) is 95.3 Å². The van der Waals surface area contributed by atoms with Crippen molar-refractivity contribution < 1.29 is 4.74 Å². The zero-order chi connectivity index (χ0) is 52.2. The van der Waals surface area contributed by atoms with Crippen molar-refractivity contribution in [3.63, 3.8) is 0 Å². The number of anilines is 9. The highest BCUT2D eigenvalue weighted by Crippen LogP contribution is 2.53. The summed E-state index contributed by atoms with van der Waals surface area (Å²) < 4.78 is 12.4. The van der Waals surface area contributed by atoms with Gasteiger partial charge >= 0.3 is 0 Å². The molecule has 12 aromatic carbocycles. The summed E-state index contributed by atoms with van der Waals surface area (Å²) in [4.78, 5) is 7.67. The van der Waals surface area contributed by atoms with E-state index >= 15 is 0 Å². The maximum atomic E-state index is 7.45. The molecule has 6 heterocycles. The van der Waals surface area contributed by atoms with E-state index in [4.69, 9.17) is 4.74 Å². The Morgan fingerprint density at radius 2 is 0.700 bits per heavy atom. The smallest absolute Gasteiger partial charge is 0.256 e. The molecule has 0 unspecified atom stereocenters. The molecular weight excluding hydrogens is 972 g/mol. The maximum Gasteiger partial charge on any atom is 0.256 e. The standard InChI is InChI=1S/C72H45B2N5O/c1-6-24-46(25-7-1)75-57-38-20-16-34-51(57)67-62(75)44-64-69-71(67)79(50-32-14-5-15-33-50)61-43-60-55(42-56(61)73(69)53-36-18-22-40-59(53)77(64)48-28-10-3-11-29-48)74-54-37-19-23-41-66(54)80-72-68-52-35-17-21-39-58(52)76(47-26-8-2-9-27-47)63(68)45-65(70(72)74)78(60)49-30-12-4-13-31-49/h1-45H. The summed E-state index contributed by atoms with van der Waals surface area (Å²) in [5.74, 6) is 1.79. The third-order valence-electron chi connectivity index (χ3n) is 17.5. The van der Waals surface area contributed by atoms with Crippen molar-refractivity contribution in [1.29, 1.82) is 0 Å². The topological polar surface area (TPSA) is 28.8 Å². The van der Waals surface area contributed by atoms with E-state index in [0.29, 0.717) is 0 Å². The largest absolute Gasteiger partial charge is 0.458 e. The Morgan fingerprint density at radius 1 is 0.275 bits per heavy atom.